The zero-order chi connectivity index (χ0) is 17.6. The van der Waals surface area contributed by atoms with E-state index in [0.29, 0.717) is 0 Å². The van der Waals surface area contributed by atoms with E-state index in [0.717, 1.165) is 13.1 Å². The van der Waals surface area contributed by atoms with Crippen molar-refractivity contribution >= 4 is 11.7 Å². The van der Waals surface area contributed by atoms with Crippen molar-refractivity contribution in [1.29, 1.82) is 0 Å². The molecule has 0 bridgehead atoms. The molecule has 0 saturated carbocycles. The van der Waals surface area contributed by atoms with Gasteiger partial charge in [-0.2, -0.15) is 0 Å². The molecule has 2 atom stereocenters. The Bertz CT molecular complexity index is 701. The number of carbonyl (C=O) groups excluding carboxylic acids is 1. The average molecular weight is 341 g/mol. The molecule has 1 fully saturated rings. The minimum absolute atomic E-state index is 0.104. The highest BCUT2D eigenvalue weighted by molar-refractivity contribution is 5.89. The fourth-order valence-corrected chi connectivity index (χ4v) is 3.49. The highest BCUT2D eigenvalue weighted by Gasteiger charge is 2.29. The Morgan fingerprint density at radius 2 is 1.68 bits per heavy atom. The Morgan fingerprint density at radius 3 is 2.36 bits per heavy atom. The fraction of sp³-hybridized carbons (Fsp3) is 0.350. The number of amides is 2. The summed E-state index contributed by atoms with van der Waals surface area (Å²) in [6.07, 6.45) is 2.36. The molecule has 2 aromatic carbocycles. The Labute approximate surface area is 148 Å². The van der Waals surface area contributed by atoms with Crippen LogP contribution in [0.3, 0.4) is 0 Å². The summed E-state index contributed by atoms with van der Waals surface area (Å²) in [7, 11) is 0. The summed E-state index contributed by atoms with van der Waals surface area (Å²) in [5.41, 5.74) is 1.37. The number of urea groups is 1. The largest absolute Gasteiger partial charge is 0.333 e. The number of anilines is 1. The zero-order valence-electron chi connectivity index (χ0n) is 14.4. The smallest absolute Gasteiger partial charge is 0.319 e. The third-order valence-electron chi connectivity index (χ3n) is 4.63. The number of rotatable bonds is 5. The fourth-order valence-electron chi connectivity index (χ4n) is 3.49. The molecule has 4 nitrogen and oxygen atoms in total. The normalized spacial score (nSPS) is 17.0. The van der Waals surface area contributed by atoms with Crippen molar-refractivity contribution in [1.82, 2.24) is 10.2 Å². The van der Waals surface area contributed by atoms with Crippen LogP contribution in [-0.2, 0) is 0 Å². The van der Waals surface area contributed by atoms with Crippen LogP contribution < -0.4 is 10.6 Å². The lowest BCUT2D eigenvalue weighted by molar-refractivity contribution is 0.197. The van der Waals surface area contributed by atoms with Crippen LogP contribution in [0.4, 0.5) is 14.9 Å². The van der Waals surface area contributed by atoms with E-state index in [1.807, 2.05) is 25.1 Å². The Morgan fingerprint density at radius 1 is 1.04 bits per heavy atom. The molecule has 2 N–H and O–H groups in total. The first-order valence-electron chi connectivity index (χ1n) is 8.76. The lowest BCUT2D eigenvalue weighted by Crippen LogP contribution is -2.45. The lowest BCUT2D eigenvalue weighted by atomic mass is 9.99. The van der Waals surface area contributed by atoms with Gasteiger partial charge in [-0.15, -0.1) is 0 Å². The second-order valence-corrected chi connectivity index (χ2v) is 6.47. The quantitative estimate of drug-likeness (QED) is 0.857. The van der Waals surface area contributed by atoms with Gasteiger partial charge in [0.2, 0.25) is 0 Å². The number of hydrogen-bond acceptors (Lipinski definition) is 2. The summed E-state index contributed by atoms with van der Waals surface area (Å²) in [5.74, 6) is -0.440. The van der Waals surface area contributed by atoms with Crippen LogP contribution in [0.5, 0.6) is 0 Å². The van der Waals surface area contributed by atoms with E-state index in [9.17, 15) is 9.18 Å². The molecule has 0 aliphatic carbocycles. The van der Waals surface area contributed by atoms with Gasteiger partial charge in [-0.1, -0.05) is 42.5 Å². The Balaban J connectivity index is 1.70. The second kappa shape index (κ2) is 8.12. The van der Waals surface area contributed by atoms with E-state index in [4.69, 9.17) is 0 Å². The van der Waals surface area contributed by atoms with E-state index in [1.165, 1.54) is 24.5 Å². The van der Waals surface area contributed by atoms with Gasteiger partial charge in [-0.25, -0.2) is 9.18 Å². The number of benzene rings is 2. The van der Waals surface area contributed by atoms with Crippen LogP contribution in [0.1, 0.15) is 31.4 Å². The molecule has 0 spiro atoms. The van der Waals surface area contributed by atoms with Crippen molar-refractivity contribution in [2.45, 2.75) is 31.8 Å². The van der Waals surface area contributed by atoms with Crippen molar-refractivity contribution in [3.05, 3.63) is 66.0 Å². The van der Waals surface area contributed by atoms with Crippen LogP contribution in [0.15, 0.2) is 54.6 Å². The van der Waals surface area contributed by atoms with Crippen molar-refractivity contribution in [2.75, 3.05) is 18.4 Å². The number of nitrogens with zero attached hydrogens (tertiary/aromatic N) is 1. The zero-order valence-corrected chi connectivity index (χ0v) is 14.4. The topological polar surface area (TPSA) is 44.4 Å². The number of para-hydroxylation sites is 1. The van der Waals surface area contributed by atoms with Crippen molar-refractivity contribution < 1.29 is 9.18 Å². The van der Waals surface area contributed by atoms with Gasteiger partial charge in [0.1, 0.15) is 5.82 Å². The van der Waals surface area contributed by atoms with Crippen LogP contribution in [0.25, 0.3) is 0 Å². The number of carbonyl (C=O) groups is 1. The first-order chi connectivity index (χ1) is 12.1. The van der Waals surface area contributed by atoms with E-state index in [-0.39, 0.29) is 17.8 Å². The molecule has 5 heteroatoms. The van der Waals surface area contributed by atoms with Gasteiger partial charge in [0.05, 0.1) is 11.7 Å². The minimum atomic E-state index is -0.440. The van der Waals surface area contributed by atoms with E-state index >= 15 is 0 Å². The standard InChI is InChI=1S/C20H24FN3O/c1-15(22-20(25)23-18-12-6-5-11-17(18)21)19(24-13-7-8-14-24)16-9-3-2-4-10-16/h2-6,9-12,15,19H,7-8,13-14H2,1H3,(H2,22,23,25)/t15-,19+/m0/s1. The van der Waals surface area contributed by atoms with Gasteiger partial charge < -0.3 is 10.6 Å². The molecule has 1 aliphatic rings. The third-order valence-corrected chi connectivity index (χ3v) is 4.63. The maximum absolute atomic E-state index is 13.7. The minimum Gasteiger partial charge on any atom is -0.333 e. The highest BCUT2D eigenvalue weighted by Crippen LogP contribution is 2.28. The maximum Gasteiger partial charge on any atom is 0.319 e. The highest BCUT2D eigenvalue weighted by atomic mass is 19.1. The summed E-state index contributed by atoms with van der Waals surface area (Å²) in [6, 6.07) is 16.0. The Hall–Kier alpha value is -2.40. The summed E-state index contributed by atoms with van der Waals surface area (Å²) in [5, 5.41) is 5.57. The van der Waals surface area contributed by atoms with Crippen molar-refractivity contribution in [3.8, 4) is 0 Å². The van der Waals surface area contributed by atoms with Crippen LogP contribution in [0.2, 0.25) is 0 Å². The number of halogens is 1. The maximum atomic E-state index is 13.7. The predicted molar refractivity (Wildman–Crippen MR) is 98.0 cm³/mol. The van der Waals surface area contributed by atoms with Gasteiger partial charge in [0, 0.05) is 6.04 Å². The summed E-state index contributed by atoms with van der Waals surface area (Å²) >= 11 is 0. The molecule has 132 valence electrons. The molecule has 3 rings (SSSR count). The summed E-state index contributed by atoms with van der Waals surface area (Å²) in [4.78, 5) is 14.7. The molecular formula is C20H24FN3O. The van der Waals surface area contributed by atoms with Crippen LogP contribution >= 0.6 is 0 Å². The molecule has 1 saturated heterocycles. The lowest BCUT2D eigenvalue weighted by Gasteiger charge is -2.33. The third kappa shape index (κ3) is 4.37. The van der Waals surface area contributed by atoms with Crippen molar-refractivity contribution in [2.24, 2.45) is 0 Å². The molecule has 0 unspecified atom stereocenters. The first kappa shape index (κ1) is 17.4. The number of hydrogen-bond donors (Lipinski definition) is 2. The summed E-state index contributed by atoms with van der Waals surface area (Å²) in [6.45, 7) is 4.05. The molecule has 0 radical (unpaired) electrons. The molecule has 25 heavy (non-hydrogen) atoms. The molecule has 0 aromatic heterocycles. The van der Waals surface area contributed by atoms with E-state index in [2.05, 4.69) is 27.7 Å². The van der Waals surface area contributed by atoms with Gasteiger partial charge in [0.25, 0.3) is 0 Å². The molecule has 2 aromatic rings. The predicted octanol–water partition coefficient (Wildman–Crippen LogP) is 4.17. The second-order valence-electron chi connectivity index (χ2n) is 6.47. The number of likely N-dealkylation sites (tertiary alicyclic amines) is 1. The van der Waals surface area contributed by atoms with Crippen molar-refractivity contribution in [3.63, 3.8) is 0 Å². The monoisotopic (exact) mass is 341 g/mol. The van der Waals surface area contributed by atoms with E-state index in [1.54, 1.807) is 18.2 Å². The number of nitrogens with one attached hydrogen (secondary N) is 2. The van der Waals surface area contributed by atoms with Gasteiger partial charge in [-0.3, -0.25) is 4.90 Å². The molecule has 1 heterocycles. The summed E-state index contributed by atoms with van der Waals surface area (Å²) < 4.78 is 13.7. The van der Waals surface area contributed by atoms with E-state index < -0.39 is 11.8 Å². The SMILES string of the molecule is C[C@H](NC(=O)Nc1ccccc1F)[C@H](c1ccccc1)N1CCCC1. The van der Waals surface area contributed by atoms with Gasteiger partial charge >= 0.3 is 6.03 Å². The molecule has 1 aliphatic heterocycles. The van der Waals surface area contributed by atoms with Gasteiger partial charge in [0.15, 0.2) is 0 Å². The first-order valence-corrected chi connectivity index (χ1v) is 8.76. The van der Waals surface area contributed by atoms with Crippen LogP contribution in [0, 0.1) is 5.82 Å². The molecule has 2 amide bonds. The van der Waals surface area contributed by atoms with Gasteiger partial charge in [-0.05, 0) is 50.6 Å². The molecular weight excluding hydrogens is 317 g/mol. The average Bonchev–Trinajstić information content (AvgIpc) is 3.12. The Kier molecular flexibility index (Phi) is 5.66. The van der Waals surface area contributed by atoms with Crippen LogP contribution in [-0.4, -0.2) is 30.1 Å².